The number of nitrogens with one attached hydrogen (secondary N) is 3. The van der Waals surface area contributed by atoms with E-state index in [0.29, 0.717) is 24.4 Å². The van der Waals surface area contributed by atoms with Crippen LogP contribution in [-0.2, 0) is 17.6 Å². The molecule has 1 aromatic heterocycles. The number of halogens is 1. The van der Waals surface area contributed by atoms with Crippen LogP contribution in [0.5, 0.6) is 0 Å². The third-order valence-corrected chi connectivity index (χ3v) is 6.03. The normalized spacial score (nSPS) is 24.4. The molecule has 3 heterocycles. The highest BCUT2D eigenvalue weighted by Crippen LogP contribution is 2.32. The highest BCUT2D eigenvalue weighted by molar-refractivity contribution is 5.86. The van der Waals surface area contributed by atoms with Crippen LogP contribution in [-0.4, -0.2) is 29.5 Å². The van der Waals surface area contributed by atoms with Crippen LogP contribution in [0.4, 0.5) is 0 Å². The molecule has 0 saturated carbocycles. The van der Waals surface area contributed by atoms with Gasteiger partial charge in [-0.3, -0.25) is 4.79 Å². The van der Waals surface area contributed by atoms with Gasteiger partial charge in [0.15, 0.2) is 0 Å². The summed E-state index contributed by atoms with van der Waals surface area (Å²) < 4.78 is 0. The number of H-pyrrole nitrogens is 1. The number of fused-ring (bicyclic) bond motifs is 3. The maximum Gasteiger partial charge on any atom is 0.220 e. The van der Waals surface area contributed by atoms with E-state index in [9.17, 15) is 4.79 Å². The van der Waals surface area contributed by atoms with Gasteiger partial charge in [-0.2, -0.15) is 0 Å². The molecule has 2 atom stereocenters. The van der Waals surface area contributed by atoms with Crippen LogP contribution in [0.1, 0.15) is 50.2 Å². The number of para-hydroxylation sites is 1. The zero-order valence-corrected chi connectivity index (χ0v) is 16.3. The molecule has 2 aliphatic rings. The molecular weight excluding hydrogens is 346 g/mol. The zero-order chi connectivity index (χ0) is 17.2. The summed E-state index contributed by atoms with van der Waals surface area (Å²) >= 11 is 0. The minimum absolute atomic E-state index is 0. The van der Waals surface area contributed by atoms with Gasteiger partial charge in [-0.15, -0.1) is 12.4 Å². The van der Waals surface area contributed by atoms with Gasteiger partial charge in [0.2, 0.25) is 5.91 Å². The van der Waals surface area contributed by atoms with E-state index in [1.165, 1.54) is 47.7 Å². The average Bonchev–Trinajstić information content (AvgIpc) is 3.18. The van der Waals surface area contributed by atoms with Crippen molar-refractivity contribution in [3.8, 4) is 0 Å². The summed E-state index contributed by atoms with van der Waals surface area (Å²) in [6.45, 7) is 2.91. The summed E-state index contributed by atoms with van der Waals surface area (Å²) in [6, 6.07) is 7.80. The first-order valence-corrected chi connectivity index (χ1v) is 9.83. The summed E-state index contributed by atoms with van der Waals surface area (Å²) in [6.07, 6.45) is 9.65. The number of rotatable bonds is 6. The third kappa shape index (κ3) is 4.07. The zero-order valence-electron chi connectivity index (χ0n) is 15.5. The number of carbonyl (C=O) groups is 1. The summed E-state index contributed by atoms with van der Waals surface area (Å²) in [4.78, 5) is 15.7. The van der Waals surface area contributed by atoms with Gasteiger partial charge in [0.1, 0.15) is 0 Å². The second-order valence-electron chi connectivity index (χ2n) is 7.79. The Kier molecular flexibility index (Phi) is 6.25. The Hall–Kier alpha value is -1.52. The van der Waals surface area contributed by atoms with Gasteiger partial charge >= 0.3 is 0 Å². The molecule has 4 rings (SSSR count). The first kappa shape index (κ1) is 19.2. The molecule has 2 bridgehead atoms. The van der Waals surface area contributed by atoms with Crippen molar-refractivity contribution in [3.05, 3.63) is 35.5 Å². The van der Waals surface area contributed by atoms with E-state index < -0.39 is 0 Å². The monoisotopic (exact) mass is 375 g/mol. The number of aryl methyl sites for hydroxylation is 1. The Morgan fingerprint density at radius 1 is 1.19 bits per heavy atom. The maximum atomic E-state index is 12.3. The molecule has 0 spiro atoms. The van der Waals surface area contributed by atoms with Crippen molar-refractivity contribution < 1.29 is 4.79 Å². The Balaban J connectivity index is 0.00000196. The number of hydrogen-bond donors (Lipinski definition) is 3. The molecule has 0 radical (unpaired) electrons. The molecule has 26 heavy (non-hydrogen) atoms. The number of amides is 1. The number of carbonyl (C=O) groups excluding carboxylic acids is 1. The smallest absolute Gasteiger partial charge is 0.220 e. The van der Waals surface area contributed by atoms with E-state index in [0.717, 1.165) is 19.4 Å². The molecule has 2 aliphatic heterocycles. The first-order valence-electron chi connectivity index (χ1n) is 9.83. The molecule has 2 aromatic rings. The molecule has 3 N–H and O–H groups in total. The lowest BCUT2D eigenvalue weighted by molar-refractivity contribution is -0.122. The van der Waals surface area contributed by atoms with Crippen LogP contribution in [0.2, 0.25) is 0 Å². The van der Waals surface area contributed by atoms with Crippen LogP contribution in [0.3, 0.4) is 0 Å². The van der Waals surface area contributed by atoms with E-state index in [4.69, 9.17) is 0 Å². The van der Waals surface area contributed by atoms with Crippen molar-refractivity contribution in [2.45, 2.75) is 64.0 Å². The van der Waals surface area contributed by atoms with E-state index in [1.807, 2.05) is 0 Å². The van der Waals surface area contributed by atoms with Crippen LogP contribution in [0.25, 0.3) is 10.9 Å². The lowest BCUT2D eigenvalue weighted by atomic mass is 9.89. The van der Waals surface area contributed by atoms with Gasteiger partial charge in [-0.05, 0) is 55.6 Å². The SMILES string of the molecule is CCc1cccc2c(CCNC(=O)CC3CC4CCC(C3)N4)c[nH]c12.Cl. The molecule has 2 unspecified atom stereocenters. The summed E-state index contributed by atoms with van der Waals surface area (Å²) in [5.74, 6) is 0.791. The van der Waals surface area contributed by atoms with Crippen molar-refractivity contribution in [1.29, 1.82) is 0 Å². The molecule has 1 aromatic carbocycles. The van der Waals surface area contributed by atoms with E-state index in [-0.39, 0.29) is 18.3 Å². The van der Waals surface area contributed by atoms with Gasteiger partial charge in [0.05, 0.1) is 0 Å². The molecule has 142 valence electrons. The molecule has 5 heteroatoms. The molecule has 1 amide bonds. The van der Waals surface area contributed by atoms with E-state index in [2.05, 4.69) is 46.9 Å². The minimum atomic E-state index is 0. The lowest BCUT2D eigenvalue weighted by Crippen LogP contribution is -2.39. The van der Waals surface area contributed by atoms with Gasteiger partial charge in [-0.1, -0.05) is 25.1 Å². The second kappa shape index (κ2) is 8.45. The number of benzene rings is 1. The van der Waals surface area contributed by atoms with Crippen LogP contribution >= 0.6 is 12.4 Å². The van der Waals surface area contributed by atoms with Gasteiger partial charge in [-0.25, -0.2) is 0 Å². The Labute approximate surface area is 161 Å². The topological polar surface area (TPSA) is 56.9 Å². The number of aromatic amines is 1. The highest BCUT2D eigenvalue weighted by atomic mass is 35.5. The first-order chi connectivity index (χ1) is 12.2. The molecule has 2 fully saturated rings. The fourth-order valence-electron chi connectivity index (χ4n) is 4.79. The number of hydrogen-bond acceptors (Lipinski definition) is 2. The second-order valence-corrected chi connectivity index (χ2v) is 7.79. The van der Waals surface area contributed by atoms with Gasteiger partial charge < -0.3 is 15.6 Å². The number of aromatic nitrogens is 1. The highest BCUT2D eigenvalue weighted by Gasteiger charge is 2.34. The van der Waals surface area contributed by atoms with Crippen molar-refractivity contribution in [2.75, 3.05) is 6.54 Å². The Morgan fingerprint density at radius 3 is 2.69 bits per heavy atom. The van der Waals surface area contributed by atoms with Crippen LogP contribution in [0, 0.1) is 5.92 Å². The molecule has 4 nitrogen and oxygen atoms in total. The van der Waals surface area contributed by atoms with E-state index >= 15 is 0 Å². The average molecular weight is 376 g/mol. The summed E-state index contributed by atoms with van der Waals surface area (Å²) in [5.41, 5.74) is 3.90. The van der Waals surface area contributed by atoms with E-state index in [1.54, 1.807) is 0 Å². The van der Waals surface area contributed by atoms with Gasteiger partial charge in [0, 0.05) is 42.1 Å². The lowest BCUT2D eigenvalue weighted by Gasteiger charge is -2.28. The summed E-state index contributed by atoms with van der Waals surface area (Å²) in [7, 11) is 0. The fourth-order valence-corrected chi connectivity index (χ4v) is 4.79. The molecule has 0 aliphatic carbocycles. The van der Waals surface area contributed by atoms with Gasteiger partial charge in [0.25, 0.3) is 0 Å². The quantitative estimate of drug-likeness (QED) is 0.720. The summed E-state index contributed by atoms with van der Waals surface area (Å²) in [5, 5.41) is 8.08. The fraction of sp³-hybridized carbons (Fsp3) is 0.571. The number of piperidine rings is 1. The largest absolute Gasteiger partial charge is 0.361 e. The predicted octanol–water partition coefficient (Wildman–Crippen LogP) is 3.73. The van der Waals surface area contributed by atoms with Crippen molar-refractivity contribution in [3.63, 3.8) is 0 Å². The van der Waals surface area contributed by atoms with Crippen molar-refractivity contribution in [2.24, 2.45) is 5.92 Å². The molecule has 2 saturated heterocycles. The third-order valence-electron chi connectivity index (χ3n) is 6.03. The predicted molar refractivity (Wildman–Crippen MR) is 109 cm³/mol. The Morgan fingerprint density at radius 2 is 1.96 bits per heavy atom. The molecular formula is C21H30ClN3O. The van der Waals surface area contributed by atoms with Crippen molar-refractivity contribution >= 4 is 29.2 Å². The van der Waals surface area contributed by atoms with Crippen molar-refractivity contribution in [1.82, 2.24) is 15.6 Å². The maximum absolute atomic E-state index is 12.3. The standard InChI is InChI=1S/C21H29N3O.ClH/c1-2-15-4-3-5-19-16(13-23-21(15)19)8-9-22-20(25)12-14-10-17-6-7-18(11-14)24-17;/h3-5,13-14,17-18,23-24H,2,6-12H2,1H3,(H,22,25);1H. The Bertz CT molecular complexity index is 745. The van der Waals surface area contributed by atoms with Crippen LogP contribution < -0.4 is 10.6 Å². The van der Waals surface area contributed by atoms with Crippen LogP contribution in [0.15, 0.2) is 24.4 Å². The minimum Gasteiger partial charge on any atom is -0.361 e.